The lowest BCUT2D eigenvalue weighted by Crippen LogP contribution is -2.37. The molecule has 0 aliphatic rings. The molecule has 0 heterocycles. The van der Waals surface area contributed by atoms with Gasteiger partial charge in [0.1, 0.15) is 0 Å². The van der Waals surface area contributed by atoms with Gasteiger partial charge in [-0.15, -0.1) is 0 Å². The lowest BCUT2D eigenvalue weighted by Gasteiger charge is -2.21. The molecule has 0 spiro atoms. The summed E-state index contributed by atoms with van der Waals surface area (Å²) < 4.78 is 25.4. The first kappa shape index (κ1) is 14.3. The van der Waals surface area contributed by atoms with Crippen molar-refractivity contribution in [3.8, 4) is 0 Å². The van der Waals surface area contributed by atoms with Crippen LogP contribution in [0.2, 0.25) is 0 Å². The summed E-state index contributed by atoms with van der Waals surface area (Å²) >= 11 is 2.04. The van der Waals surface area contributed by atoms with Crippen molar-refractivity contribution in [3.05, 3.63) is 33.4 Å². The van der Waals surface area contributed by atoms with Crippen molar-refractivity contribution in [2.45, 2.75) is 6.43 Å². The van der Waals surface area contributed by atoms with Gasteiger partial charge in [-0.05, 0) is 40.8 Å². The van der Waals surface area contributed by atoms with Crippen molar-refractivity contribution in [2.75, 3.05) is 19.7 Å². The molecule has 6 heteroatoms. The van der Waals surface area contributed by atoms with Crippen LogP contribution in [-0.2, 0) is 0 Å². The second-order valence-electron chi connectivity index (χ2n) is 3.38. The van der Waals surface area contributed by atoms with E-state index < -0.39 is 18.9 Å². The van der Waals surface area contributed by atoms with Crippen LogP contribution in [0.1, 0.15) is 10.4 Å². The van der Waals surface area contributed by atoms with Gasteiger partial charge >= 0.3 is 0 Å². The van der Waals surface area contributed by atoms with Gasteiger partial charge in [-0.2, -0.15) is 0 Å². The largest absolute Gasteiger partial charge is 0.395 e. The number of hydrogen-bond acceptors (Lipinski definition) is 2. The summed E-state index contributed by atoms with van der Waals surface area (Å²) in [7, 11) is 0. The van der Waals surface area contributed by atoms with Crippen molar-refractivity contribution in [1.82, 2.24) is 4.90 Å². The minimum atomic E-state index is -2.60. The summed E-state index contributed by atoms with van der Waals surface area (Å²) in [5, 5.41) is 8.76. The molecule has 1 aromatic carbocycles. The van der Waals surface area contributed by atoms with E-state index in [1.165, 1.54) is 0 Å². The number of aliphatic hydroxyl groups is 1. The van der Waals surface area contributed by atoms with Crippen LogP contribution < -0.4 is 0 Å². The van der Waals surface area contributed by atoms with Crippen LogP contribution >= 0.6 is 22.6 Å². The van der Waals surface area contributed by atoms with Gasteiger partial charge < -0.3 is 10.0 Å². The monoisotopic (exact) mass is 355 g/mol. The van der Waals surface area contributed by atoms with Gasteiger partial charge in [0.2, 0.25) is 0 Å². The SMILES string of the molecule is O=C(c1cccc(I)c1)N(CCO)CC(F)F. The Morgan fingerprint density at radius 1 is 1.47 bits per heavy atom. The van der Waals surface area contributed by atoms with Crippen LogP contribution in [-0.4, -0.2) is 42.0 Å². The minimum Gasteiger partial charge on any atom is -0.395 e. The first-order chi connectivity index (χ1) is 8.04. The Balaban J connectivity index is 2.83. The number of carbonyl (C=O) groups is 1. The molecule has 0 atom stereocenters. The molecule has 1 aromatic rings. The fourth-order valence-electron chi connectivity index (χ4n) is 1.37. The Morgan fingerprint density at radius 2 is 2.18 bits per heavy atom. The number of amides is 1. The zero-order valence-electron chi connectivity index (χ0n) is 8.94. The average molecular weight is 355 g/mol. The quantitative estimate of drug-likeness (QED) is 0.821. The van der Waals surface area contributed by atoms with Crippen LogP contribution in [0.4, 0.5) is 8.78 Å². The molecule has 0 fully saturated rings. The van der Waals surface area contributed by atoms with Gasteiger partial charge in [-0.25, -0.2) is 8.78 Å². The molecular weight excluding hydrogens is 343 g/mol. The van der Waals surface area contributed by atoms with Gasteiger partial charge in [0.15, 0.2) is 0 Å². The molecule has 0 saturated carbocycles. The Morgan fingerprint density at radius 3 is 2.71 bits per heavy atom. The number of aliphatic hydroxyl groups excluding tert-OH is 1. The van der Waals surface area contributed by atoms with E-state index in [1.807, 2.05) is 22.6 Å². The highest BCUT2D eigenvalue weighted by Crippen LogP contribution is 2.11. The molecule has 1 rings (SSSR count). The lowest BCUT2D eigenvalue weighted by molar-refractivity contribution is 0.0509. The number of nitrogens with zero attached hydrogens (tertiary/aromatic N) is 1. The fraction of sp³-hybridized carbons (Fsp3) is 0.364. The molecule has 0 aliphatic heterocycles. The average Bonchev–Trinajstić information content (AvgIpc) is 2.27. The van der Waals surface area contributed by atoms with E-state index in [9.17, 15) is 13.6 Å². The van der Waals surface area contributed by atoms with Crippen LogP contribution in [0.3, 0.4) is 0 Å². The number of benzene rings is 1. The summed E-state index contributed by atoms with van der Waals surface area (Å²) in [5.74, 6) is -0.488. The molecule has 0 unspecified atom stereocenters. The maximum atomic E-state index is 12.3. The molecule has 0 radical (unpaired) electrons. The van der Waals surface area contributed by atoms with Gasteiger partial charge in [0.25, 0.3) is 12.3 Å². The number of carbonyl (C=O) groups excluding carboxylic acids is 1. The zero-order chi connectivity index (χ0) is 12.8. The summed E-state index contributed by atoms with van der Waals surface area (Å²) in [5.41, 5.74) is 0.353. The molecule has 0 saturated heterocycles. The smallest absolute Gasteiger partial charge is 0.255 e. The molecule has 17 heavy (non-hydrogen) atoms. The van der Waals surface area contributed by atoms with Crippen LogP contribution in [0.25, 0.3) is 0 Å². The molecule has 94 valence electrons. The predicted molar refractivity (Wildman–Crippen MR) is 68.2 cm³/mol. The van der Waals surface area contributed by atoms with Crippen molar-refractivity contribution in [1.29, 1.82) is 0 Å². The van der Waals surface area contributed by atoms with Gasteiger partial charge in [0, 0.05) is 15.7 Å². The Hall–Kier alpha value is -0.760. The zero-order valence-corrected chi connectivity index (χ0v) is 11.1. The van der Waals surface area contributed by atoms with Gasteiger partial charge in [-0.3, -0.25) is 4.79 Å². The van der Waals surface area contributed by atoms with E-state index in [1.54, 1.807) is 24.3 Å². The third-order valence-corrected chi connectivity index (χ3v) is 2.76. The number of halogens is 3. The number of alkyl halides is 2. The lowest BCUT2D eigenvalue weighted by atomic mass is 10.2. The second-order valence-corrected chi connectivity index (χ2v) is 4.62. The van der Waals surface area contributed by atoms with Crippen LogP contribution in [0, 0.1) is 3.57 Å². The topological polar surface area (TPSA) is 40.5 Å². The molecular formula is C11H12F2INO2. The van der Waals surface area contributed by atoms with E-state index in [4.69, 9.17) is 5.11 Å². The van der Waals surface area contributed by atoms with E-state index in [-0.39, 0.29) is 13.2 Å². The van der Waals surface area contributed by atoms with E-state index in [2.05, 4.69) is 0 Å². The molecule has 1 N–H and O–H groups in total. The maximum absolute atomic E-state index is 12.3. The Labute approximate surface area is 112 Å². The van der Waals surface area contributed by atoms with Crippen LogP contribution in [0.5, 0.6) is 0 Å². The summed E-state index contributed by atoms with van der Waals surface area (Å²) in [6.45, 7) is -1.08. The second kappa shape index (κ2) is 6.85. The summed E-state index contributed by atoms with van der Waals surface area (Å²) in [6, 6.07) is 6.69. The molecule has 3 nitrogen and oxygen atoms in total. The van der Waals surface area contributed by atoms with Gasteiger partial charge in [0.05, 0.1) is 13.2 Å². The van der Waals surface area contributed by atoms with Crippen molar-refractivity contribution >= 4 is 28.5 Å². The van der Waals surface area contributed by atoms with E-state index in [0.717, 1.165) is 8.47 Å². The Kier molecular flexibility index (Phi) is 5.76. The predicted octanol–water partition coefficient (Wildman–Crippen LogP) is 1.99. The maximum Gasteiger partial charge on any atom is 0.255 e. The normalized spacial score (nSPS) is 10.6. The van der Waals surface area contributed by atoms with E-state index in [0.29, 0.717) is 5.56 Å². The third kappa shape index (κ3) is 4.55. The van der Waals surface area contributed by atoms with Gasteiger partial charge in [-0.1, -0.05) is 6.07 Å². The third-order valence-electron chi connectivity index (χ3n) is 2.09. The fourth-order valence-corrected chi connectivity index (χ4v) is 1.91. The van der Waals surface area contributed by atoms with Crippen molar-refractivity contribution < 1.29 is 18.7 Å². The van der Waals surface area contributed by atoms with E-state index >= 15 is 0 Å². The summed E-state index contributed by atoms with van der Waals surface area (Å²) in [6.07, 6.45) is -2.60. The number of rotatable bonds is 5. The highest BCUT2D eigenvalue weighted by Gasteiger charge is 2.19. The first-order valence-electron chi connectivity index (χ1n) is 4.98. The highest BCUT2D eigenvalue weighted by atomic mass is 127. The van der Waals surface area contributed by atoms with Crippen molar-refractivity contribution in [2.24, 2.45) is 0 Å². The van der Waals surface area contributed by atoms with Crippen molar-refractivity contribution in [3.63, 3.8) is 0 Å². The van der Waals surface area contributed by atoms with Crippen LogP contribution in [0.15, 0.2) is 24.3 Å². The standard InChI is InChI=1S/C11H12F2INO2/c12-10(13)7-15(4-5-16)11(17)8-2-1-3-9(14)6-8/h1-3,6,10,16H,4-5,7H2. The number of hydrogen-bond donors (Lipinski definition) is 1. The Bertz CT molecular complexity index is 387. The minimum absolute atomic E-state index is 0.0886. The highest BCUT2D eigenvalue weighted by molar-refractivity contribution is 14.1. The molecule has 0 aliphatic carbocycles. The molecule has 0 bridgehead atoms. The summed E-state index contributed by atoms with van der Waals surface area (Å²) in [4.78, 5) is 12.9. The molecule has 0 aromatic heterocycles. The molecule has 1 amide bonds. The first-order valence-corrected chi connectivity index (χ1v) is 6.06.